The molecule has 3 N–H and O–H groups in total. The third-order valence-corrected chi connectivity index (χ3v) is 4.44. The van der Waals surface area contributed by atoms with E-state index in [2.05, 4.69) is 51.6 Å². The Hall–Kier alpha value is -0.940. The van der Waals surface area contributed by atoms with Crippen LogP contribution in [0.1, 0.15) is 16.0 Å². The van der Waals surface area contributed by atoms with Crippen LogP contribution in [0.15, 0.2) is 46.3 Å². The van der Waals surface area contributed by atoms with E-state index in [4.69, 9.17) is 5.73 Å². The molecule has 0 aliphatic rings. The van der Waals surface area contributed by atoms with Gasteiger partial charge in [-0.3, -0.25) is 0 Å². The molecule has 19 heavy (non-hydrogen) atoms. The van der Waals surface area contributed by atoms with Gasteiger partial charge >= 0.3 is 0 Å². The van der Waals surface area contributed by atoms with Crippen molar-refractivity contribution in [2.75, 3.05) is 6.54 Å². The number of nitrogens with one attached hydrogen (secondary N) is 1. The van der Waals surface area contributed by atoms with E-state index in [1.807, 2.05) is 18.2 Å². The second-order valence-electron chi connectivity index (χ2n) is 4.15. The summed E-state index contributed by atoms with van der Waals surface area (Å²) in [6.45, 7) is 2.31. The SMILES string of the molecule is NCc1sc(Br)cc1CNC/C=C/c1ccccc1. The molecule has 4 heteroatoms. The number of thiophene rings is 1. The van der Waals surface area contributed by atoms with Crippen LogP contribution in [0.3, 0.4) is 0 Å². The fourth-order valence-corrected chi connectivity index (χ4v) is 3.45. The Morgan fingerprint density at radius 1 is 1.26 bits per heavy atom. The summed E-state index contributed by atoms with van der Waals surface area (Å²) in [5, 5.41) is 3.40. The van der Waals surface area contributed by atoms with Gasteiger partial charge in [-0.2, -0.15) is 0 Å². The van der Waals surface area contributed by atoms with Gasteiger partial charge in [0.25, 0.3) is 0 Å². The molecule has 1 aromatic heterocycles. The number of halogens is 1. The zero-order valence-corrected chi connectivity index (χ0v) is 13.0. The minimum atomic E-state index is 0.604. The summed E-state index contributed by atoms with van der Waals surface area (Å²) < 4.78 is 1.14. The summed E-state index contributed by atoms with van der Waals surface area (Å²) in [7, 11) is 0. The molecule has 0 radical (unpaired) electrons. The van der Waals surface area contributed by atoms with E-state index in [0.29, 0.717) is 6.54 Å². The number of rotatable bonds is 6. The van der Waals surface area contributed by atoms with Crippen molar-refractivity contribution in [2.24, 2.45) is 5.73 Å². The fourth-order valence-electron chi connectivity index (χ4n) is 1.80. The Morgan fingerprint density at radius 2 is 2.05 bits per heavy atom. The second-order valence-corrected chi connectivity index (χ2v) is 6.66. The lowest BCUT2D eigenvalue weighted by molar-refractivity contribution is 0.756. The Bertz CT molecular complexity index is 534. The number of benzene rings is 1. The Morgan fingerprint density at radius 3 is 2.79 bits per heavy atom. The standard InChI is InChI=1S/C15H17BrN2S/c16-15-9-13(14(10-17)19-15)11-18-8-4-7-12-5-2-1-3-6-12/h1-7,9,18H,8,10-11,17H2/b7-4+. The molecule has 2 nitrogen and oxygen atoms in total. The highest BCUT2D eigenvalue weighted by Gasteiger charge is 2.04. The van der Waals surface area contributed by atoms with E-state index in [-0.39, 0.29) is 0 Å². The molecule has 1 heterocycles. The van der Waals surface area contributed by atoms with Crippen LogP contribution in [-0.2, 0) is 13.1 Å². The normalized spacial score (nSPS) is 11.3. The van der Waals surface area contributed by atoms with Gasteiger partial charge in [0, 0.05) is 24.5 Å². The molecular formula is C15H17BrN2S. The lowest BCUT2D eigenvalue weighted by Crippen LogP contribution is -2.13. The molecule has 2 rings (SSSR count). The largest absolute Gasteiger partial charge is 0.326 e. The van der Waals surface area contributed by atoms with Crippen molar-refractivity contribution < 1.29 is 0 Å². The highest BCUT2D eigenvalue weighted by Crippen LogP contribution is 2.26. The molecule has 0 amide bonds. The quantitative estimate of drug-likeness (QED) is 0.788. The van der Waals surface area contributed by atoms with Gasteiger partial charge in [0.2, 0.25) is 0 Å². The van der Waals surface area contributed by atoms with Gasteiger partial charge in [-0.15, -0.1) is 11.3 Å². The first-order valence-corrected chi connectivity index (χ1v) is 7.80. The predicted octanol–water partition coefficient (Wildman–Crippen LogP) is 3.77. The van der Waals surface area contributed by atoms with Crippen molar-refractivity contribution >= 4 is 33.3 Å². The summed E-state index contributed by atoms with van der Waals surface area (Å²) in [5.74, 6) is 0. The van der Waals surface area contributed by atoms with Crippen molar-refractivity contribution in [2.45, 2.75) is 13.1 Å². The molecule has 100 valence electrons. The first-order valence-electron chi connectivity index (χ1n) is 6.19. The number of nitrogens with two attached hydrogens (primary N) is 1. The van der Waals surface area contributed by atoms with Crippen molar-refractivity contribution in [3.8, 4) is 0 Å². The first kappa shape index (κ1) is 14.5. The summed E-state index contributed by atoms with van der Waals surface area (Å²) in [6.07, 6.45) is 4.26. The minimum Gasteiger partial charge on any atom is -0.326 e. The molecule has 0 spiro atoms. The third kappa shape index (κ3) is 4.58. The van der Waals surface area contributed by atoms with Gasteiger partial charge in [-0.05, 0) is 33.1 Å². The molecule has 0 bridgehead atoms. The number of hydrogen-bond acceptors (Lipinski definition) is 3. The summed E-state index contributed by atoms with van der Waals surface area (Å²) in [6, 6.07) is 12.4. The van der Waals surface area contributed by atoms with Crippen molar-refractivity contribution in [3.63, 3.8) is 0 Å². The molecule has 2 aromatic rings. The minimum absolute atomic E-state index is 0.604. The van der Waals surface area contributed by atoms with E-state index >= 15 is 0 Å². The molecule has 1 aromatic carbocycles. The molecule has 0 unspecified atom stereocenters. The van der Waals surface area contributed by atoms with E-state index in [0.717, 1.165) is 16.9 Å². The van der Waals surface area contributed by atoms with Gasteiger partial charge < -0.3 is 11.1 Å². The van der Waals surface area contributed by atoms with Crippen molar-refractivity contribution in [1.29, 1.82) is 0 Å². The molecular weight excluding hydrogens is 320 g/mol. The van der Waals surface area contributed by atoms with E-state index in [9.17, 15) is 0 Å². The zero-order chi connectivity index (χ0) is 13.5. The second kappa shape index (κ2) is 7.60. The average molecular weight is 337 g/mol. The fraction of sp³-hybridized carbons (Fsp3) is 0.200. The molecule has 0 saturated carbocycles. The highest BCUT2D eigenvalue weighted by molar-refractivity contribution is 9.11. The Labute approximate surface area is 126 Å². The van der Waals surface area contributed by atoms with Crippen molar-refractivity contribution in [3.05, 3.63) is 62.3 Å². The molecule has 0 aliphatic carbocycles. The maximum atomic E-state index is 5.72. The lowest BCUT2D eigenvalue weighted by Gasteiger charge is -2.02. The zero-order valence-electron chi connectivity index (χ0n) is 10.6. The van der Waals surface area contributed by atoms with Gasteiger partial charge in [-0.25, -0.2) is 0 Å². The van der Waals surface area contributed by atoms with Gasteiger partial charge in [0.15, 0.2) is 0 Å². The van der Waals surface area contributed by atoms with Crippen molar-refractivity contribution in [1.82, 2.24) is 5.32 Å². The van der Waals surface area contributed by atoms with Gasteiger partial charge in [-0.1, -0.05) is 42.5 Å². The van der Waals surface area contributed by atoms with Crippen LogP contribution in [0.5, 0.6) is 0 Å². The molecule has 0 atom stereocenters. The molecule has 0 fully saturated rings. The lowest BCUT2D eigenvalue weighted by atomic mass is 10.2. The van der Waals surface area contributed by atoms with Gasteiger partial charge in [0.05, 0.1) is 3.79 Å². The van der Waals surface area contributed by atoms with Crippen LogP contribution in [0.25, 0.3) is 6.08 Å². The summed E-state index contributed by atoms with van der Waals surface area (Å²) >= 11 is 5.21. The van der Waals surface area contributed by atoms with E-state index < -0.39 is 0 Å². The van der Waals surface area contributed by atoms with E-state index in [1.165, 1.54) is 16.0 Å². The maximum Gasteiger partial charge on any atom is 0.0705 e. The van der Waals surface area contributed by atoms with Crippen LogP contribution in [0.4, 0.5) is 0 Å². The molecule has 0 saturated heterocycles. The highest BCUT2D eigenvalue weighted by atomic mass is 79.9. The van der Waals surface area contributed by atoms with Crippen LogP contribution < -0.4 is 11.1 Å². The smallest absolute Gasteiger partial charge is 0.0705 e. The Kier molecular flexibility index (Phi) is 5.79. The summed E-state index contributed by atoms with van der Waals surface area (Å²) in [5.41, 5.74) is 8.23. The van der Waals surface area contributed by atoms with Crippen LogP contribution in [0.2, 0.25) is 0 Å². The van der Waals surface area contributed by atoms with E-state index in [1.54, 1.807) is 11.3 Å². The van der Waals surface area contributed by atoms with Crippen LogP contribution in [0, 0.1) is 0 Å². The van der Waals surface area contributed by atoms with Crippen LogP contribution in [-0.4, -0.2) is 6.54 Å². The first-order chi connectivity index (χ1) is 9.29. The summed E-state index contributed by atoms with van der Waals surface area (Å²) in [4.78, 5) is 1.24. The predicted molar refractivity (Wildman–Crippen MR) is 87.1 cm³/mol. The Balaban J connectivity index is 1.79. The number of hydrogen-bond donors (Lipinski definition) is 2. The maximum absolute atomic E-state index is 5.72. The van der Waals surface area contributed by atoms with Crippen LogP contribution >= 0.6 is 27.3 Å². The monoisotopic (exact) mass is 336 g/mol. The third-order valence-electron chi connectivity index (χ3n) is 2.74. The topological polar surface area (TPSA) is 38.0 Å². The molecule has 0 aliphatic heterocycles. The average Bonchev–Trinajstić information content (AvgIpc) is 2.80. The van der Waals surface area contributed by atoms with Gasteiger partial charge in [0.1, 0.15) is 0 Å².